The second-order valence-corrected chi connectivity index (χ2v) is 7.23. The Morgan fingerprint density at radius 1 is 1.12 bits per heavy atom. The molecule has 0 atom stereocenters. The summed E-state index contributed by atoms with van der Waals surface area (Å²) < 4.78 is 0. The predicted octanol–water partition coefficient (Wildman–Crippen LogP) is 2.84. The second-order valence-electron chi connectivity index (χ2n) is 7.23. The first kappa shape index (κ1) is 20.2. The van der Waals surface area contributed by atoms with E-state index in [4.69, 9.17) is 0 Å². The van der Waals surface area contributed by atoms with E-state index < -0.39 is 5.41 Å². The van der Waals surface area contributed by atoms with Gasteiger partial charge in [0.05, 0.1) is 0 Å². The van der Waals surface area contributed by atoms with Crippen molar-refractivity contribution in [1.82, 2.24) is 10.2 Å². The molecule has 0 fully saturated rings. The summed E-state index contributed by atoms with van der Waals surface area (Å²) in [7, 11) is 3.98. The van der Waals surface area contributed by atoms with Crippen molar-refractivity contribution in [3.05, 3.63) is 29.8 Å². The third kappa shape index (κ3) is 5.64. The summed E-state index contributed by atoms with van der Waals surface area (Å²) >= 11 is 0. The molecule has 0 bridgehead atoms. The van der Waals surface area contributed by atoms with E-state index in [1.165, 1.54) is 0 Å². The van der Waals surface area contributed by atoms with Gasteiger partial charge in [0, 0.05) is 12.2 Å². The van der Waals surface area contributed by atoms with E-state index in [0.29, 0.717) is 12.5 Å². The Bertz CT molecular complexity index is 565. The number of carbonyl (C=O) groups excluding carboxylic acids is 2. The van der Waals surface area contributed by atoms with Gasteiger partial charge in [-0.25, -0.2) is 0 Å². The van der Waals surface area contributed by atoms with E-state index in [9.17, 15) is 9.59 Å². The van der Waals surface area contributed by atoms with Crippen molar-refractivity contribution in [2.24, 2.45) is 5.41 Å². The van der Waals surface area contributed by atoms with Crippen LogP contribution in [-0.4, -0.2) is 43.9 Å². The van der Waals surface area contributed by atoms with Crippen molar-refractivity contribution < 1.29 is 9.59 Å². The SMILES string of the molecule is CC(C)c1ccccc1NC(=O)C(C)(C)C(=O)NCCCN(C)C. The van der Waals surface area contributed by atoms with Crippen LogP contribution in [-0.2, 0) is 9.59 Å². The van der Waals surface area contributed by atoms with Gasteiger partial charge >= 0.3 is 0 Å². The molecule has 0 spiro atoms. The lowest BCUT2D eigenvalue weighted by Gasteiger charge is -2.24. The van der Waals surface area contributed by atoms with Crippen LogP contribution in [0.4, 0.5) is 5.69 Å². The van der Waals surface area contributed by atoms with Crippen LogP contribution in [0.1, 0.15) is 45.6 Å². The molecular formula is C19H31N3O2. The molecule has 0 aliphatic carbocycles. The van der Waals surface area contributed by atoms with Crippen LogP contribution in [0.2, 0.25) is 0 Å². The molecule has 0 unspecified atom stereocenters. The molecule has 2 amide bonds. The fraction of sp³-hybridized carbons (Fsp3) is 0.579. The Morgan fingerprint density at radius 2 is 1.75 bits per heavy atom. The fourth-order valence-corrected chi connectivity index (χ4v) is 2.31. The fourth-order valence-electron chi connectivity index (χ4n) is 2.31. The molecule has 1 rings (SSSR count). The van der Waals surface area contributed by atoms with E-state index in [1.54, 1.807) is 13.8 Å². The highest BCUT2D eigenvalue weighted by Gasteiger charge is 2.36. The number of amides is 2. The Balaban J connectivity index is 2.70. The van der Waals surface area contributed by atoms with Gasteiger partial charge in [0.2, 0.25) is 11.8 Å². The van der Waals surface area contributed by atoms with Crippen LogP contribution >= 0.6 is 0 Å². The Hall–Kier alpha value is -1.88. The van der Waals surface area contributed by atoms with Crippen molar-refractivity contribution in [1.29, 1.82) is 0 Å². The van der Waals surface area contributed by atoms with Crippen LogP contribution in [0, 0.1) is 5.41 Å². The first-order valence-corrected chi connectivity index (χ1v) is 8.49. The Morgan fingerprint density at radius 3 is 2.33 bits per heavy atom. The molecular weight excluding hydrogens is 302 g/mol. The summed E-state index contributed by atoms with van der Waals surface area (Å²) in [5, 5.41) is 5.77. The number of hydrogen-bond donors (Lipinski definition) is 2. The summed E-state index contributed by atoms with van der Waals surface area (Å²) in [4.78, 5) is 27.0. The summed E-state index contributed by atoms with van der Waals surface area (Å²) in [6.07, 6.45) is 0.854. The molecule has 5 heteroatoms. The van der Waals surface area contributed by atoms with Gasteiger partial charge in [-0.15, -0.1) is 0 Å². The number of benzene rings is 1. The number of nitrogens with zero attached hydrogens (tertiary/aromatic N) is 1. The highest BCUT2D eigenvalue weighted by molar-refractivity contribution is 6.10. The minimum absolute atomic E-state index is 0.249. The van der Waals surface area contributed by atoms with Gasteiger partial charge < -0.3 is 15.5 Å². The quantitative estimate of drug-likeness (QED) is 0.568. The molecule has 1 aromatic carbocycles. The maximum absolute atomic E-state index is 12.6. The lowest BCUT2D eigenvalue weighted by Crippen LogP contribution is -2.45. The number of hydrogen-bond acceptors (Lipinski definition) is 3. The van der Waals surface area contributed by atoms with E-state index in [-0.39, 0.29) is 11.8 Å². The lowest BCUT2D eigenvalue weighted by atomic mass is 9.90. The molecule has 2 N–H and O–H groups in total. The van der Waals surface area contributed by atoms with Crippen molar-refractivity contribution >= 4 is 17.5 Å². The molecule has 0 aromatic heterocycles. The number of para-hydroxylation sites is 1. The Labute approximate surface area is 145 Å². The van der Waals surface area contributed by atoms with Gasteiger partial charge in [-0.2, -0.15) is 0 Å². The van der Waals surface area contributed by atoms with Crippen molar-refractivity contribution in [2.75, 3.05) is 32.5 Å². The summed E-state index contributed by atoms with van der Waals surface area (Å²) in [6, 6.07) is 7.70. The Kier molecular flexibility index (Phi) is 7.42. The summed E-state index contributed by atoms with van der Waals surface area (Å²) in [5.41, 5.74) is 0.710. The maximum Gasteiger partial charge on any atom is 0.239 e. The molecule has 134 valence electrons. The number of carbonyl (C=O) groups is 2. The summed E-state index contributed by atoms with van der Waals surface area (Å²) in [5.74, 6) is -0.244. The summed E-state index contributed by atoms with van der Waals surface area (Å²) in [6.45, 7) is 8.93. The van der Waals surface area contributed by atoms with E-state index in [1.807, 2.05) is 38.4 Å². The van der Waals surface area contributed by atoms with Crippen LogP contribution < -0.4 is 10.6 Å². The third-order valence-corrected chi connectivity index (χ3v) is 4.03. The van der Waals surface area contributed by atoms with Gasteiger partial charge in [0.25, 0.3) is 0 Å². The topological polar surface area (TPSA) is 61.4 Å². The average molecular weight is 333 g/mol. The minimum atomic E-state index is -1.12. The smallest absolute Gasteiger partial charge is 0.239 e. The number of nitrogens with one attached hydrogen (secondary N) is 2. The van der Waals surface area contributed by atoms with Crippen molar-refractivity contribution in [3.8, 4) is 0 Å². The number of rotatable bonds is 8. The molecule has 0 aliphatic rings. The number of anilines is 1. The van der Waals surface area contributed by atoms with Crippen LogP contribution in [0.15, 0.2) is 24.3 Å². The maximum atomic E-state index is 12.6. The van der Waals surface area contributed by atoms with Crippen molar-refractivity contribution in [3.63, 3.8) is 0 Å². The normalized spacial score (nSPS) is 11.7. The highest BCUT2D eigenvalue weighted by atomic mass is 16.2. The predicted molar refractivity (Wildman–Crippen MR) is 99.1 cm³/mol. The minimum Gasteiger partial charge on any atom is -0.355 e. The zero-order valence-corrected chi connectivity index (χ0v) is 15.8. The largest absolute Gasteiger partial charge is 0.355 e. The van der Waals surface area contributed by atoms with E-state index in [2.05, 4.69) is 29.4 Å². The molecule has 1 aromatic rings. The van der Waals surface area contributed by atoms with Gasteiger partial charge in [-0.3, -0.25) is 9.59 Å². The van der Waals surface area contributed by atoms with E-state index >= 15 is 0 Å². The lowest BCUT2D eigenvalue weighted by molar-refractivity contribution is -0.138. The van der Waals surface area contributed by atoms with Gasteiger partial charge in [-0.05, 0) is 58.5 Å². The van der Waals surface area contributed by atoms with Gasteiger partial charge in [0.15, 0.2) is 0 Å². The highest BCUT2D eigenvalue weighted by Crippen LogP contribution is 2.26. The first-order valence-electron chi connectivity index (χ1n) is 8.49. The first-order chi connectivity index (χ1) is 11.2. The zero-order valence-electron chi connectivity index (χ0n) is 15.8. The van der Waals surface area contributed by atoms with Gasteiger partial charge in [0.1, 0.15) is 5.41 Å². The molecule has 5 nitrogen and oxygen atoms in total. The molecule has 0 heterocycles. The molecule has 0 radical (unpaired) electrons. The second kappa shape index (κ2) is 8.83. The average Bonchev–Trinajstić information content (AvgIpc) is 2.51. The monoisotopic (exact) mass is 333 g/mol. The third-order valence-electron chi connectivity index (χ3n) is 4.03. The van der Waals surface area contributed by atoms with E-state index in [0.717, 1.165) is 24.2 Å². The standard InChI is InChI=1S/C19H31N3O2/c1-14(2)15-10-7-8-11-16(15)21-18(24)19(3,4)17(23)20-12-9-13-22(5)6/h7-8,10-11,14H,9,12-13H2,1-6H3,(H,20,23)(H,21,24). The van der Waals surface area contributed by atoms with Crippen molar-refractivity contribution in [2.45, 2.75) is 40.0 Å². The van der Waals surface area contributed by atoms with Gasteiger partial charge in [-0.1, -0.05) is 32.0 Å². The molecule has 24 heavy (non-hydrogen) atoms. The van der Waals surface area contributed by atoms with Crippen LogP contribution in [0.3, 0.4) is 0 Å². The van der Waals surface area contributed by atoms with Crippen LogP contribution in [0.5, 0.6) is 0 Å². The zero-order chi connectivity index (χ0) is 18.3. The molecule has 0 saturated heterocycles. The molecule has 0 saturated carbocycles. The van der Waals surface area contributed by atoms with Crippen LogP contribution in [0.25, 0.3) is 0 Å². The molecule has 0 aliphatic heterocycles.